The molecule has 29 heteroatoms. The van der Waals surface area contributed by atoms with Crippen LogP contribution in [-0.2, 0) is 14.4 Å². The standard InChI is InChI=1S/C28H30FN3O4.2C27H29N3O4.C24H24ClN3O3/c1-16(2)28(35)36-26-23(33)14-30-32-22(15-31(17(3)4)27(34)25(26)32)24(19-9-6-8-18(5)12-19)20-10-7-11-21(29)13-20;1-17(2)27(33)34-25-22(31)15-28-30-21(16-29(18(3)4)26(32)24(25)30)23(19-11-7-5-8-12-19)20-13-9-6-10-14-20;1-5-29-16-21(23(19-11-7-6-8-12-19)20-13-9-10-18(4)14-20)30-24(26(29)32)25(22(31)15-28-30)34-27(33)17(2)3;1-14(2)27-13-19(28-22(24(27)31)23(30)20(29)12-26-28)21(16-7-4-6-15(3)10-16)17-8-5-9-18(25)11-17/h6-14,16-17,22,24H,15H2,1-5H3;5-15,17-18,21,23H,16H2,1-4H3;6-15,17,21,23H,5,16H2,1-4H3;4-12,14,19,21,30H,13H2,1-3H3. The summed E-state index contributed by atoms with van der Waals surface area (Å²) < 4.78 is 37.0. The summed E-state index contributed by atoms with van der Waals surface area (Å²) in [6.45, 7) is 31.3. The Morgan fingerprint density at radius 2 is 0.630 bits per heavy atom. The Morgan fingerprint density at radius 3 is 0.948 bits per heavy atom. The number of aromatic nitrogens is 8. The fraction of sp³-hybridized carbons (Fsp3) is 0.330. The van der Waals surface area contributed by atoms with Gasteiger partial charge in [-0.25, -0.2) is 4.39 Å². The van der Waals surface area contributed by atoms with Gasteiger partial charge in [-0.1, -0.05) is 258 Å². The van der Waals surface area contributed by atoms with Gasteiger partial charge in [-0.2, -0.15) is 20.4 Å². The Kier molecular flexibility index (Phi) is 31.0. The van der Waals surface area contributed by atoms with E-state index in [1.807, 2.05) is 209 Å². The first-order valence-electron chi connectivity index (χ1n) is 45.4. The Balaban J connectivity index is 0.000000153. The van der Waals surface area contributed by atoms with Crippen LogP contribution in [0.2, 0.25) is 5.02 Å². The second-order valence-electron chi connectivity index (χ2n) is 36.0. The number of fused-ring (bicyclic) bond motifs is 4. The van der Waals surface area contributed by atoms with E-state index < -0.39 is 86.9 Å². The van der Waals surface area contributed by atoms with Crippen molar-refractivity contribution < 1.29 is 57.3 Å². The first-order chi connectivity index (χ1) is 64.5. The maximum atomic E-state index is 14.4. The van der Waals surface area contributed by atoms with E-state index in [4.69, 9.17) is 25.8 Å². The van der Waals surface area contributed by atoms with Crippen LogP contribution in [0, 0.1) is 44.3 Å². The Morgan fingerprint density at radius 1 is 0.356 bits per heavy atom. The maximum Gasteiger partial charge on any atom is 0.313 e. The lowest BCUT2D eigenvalue weighted by Crippen LogP contribution is -2.50. The highest BCUT2D eigenvalue weighted by atomic mass is 35.5. The summed E-state index contributed by atoms with van der Waals surface area (Å²) in [4.78, 5) is 148. The molecule has 135 heavy (non-hydrogen) atoms. The molecule has 7 atom stereocenters. The molecule has 8 heterocycles. The molecule has 4 aliphatic heterocycles. The van der Waals surface area contributed by atoms with Crippen molar-refractivity contribution in [2.45, 2.75) is 177 Å². The molecule has 4 aromatic heterocycles. The molecule has 27 nitrogen and oxygen atoms in total. The summed E-state index contributed by atoms with van der Waals surface area (Å²) in [5.74, 6) is -7.43. The minimum absolute atomic E-state index is 0.0170. The van der Waals surface area contributed by atoms with E-state index in [2.05, 4.69) is 75.0 Å². The summed E-state index contributed by atoms with van der Waals surface area (Å²) in [6, 6.07) is 66.5. The molecule has 0 bridgehead atoms. The van der Waals surface area contributed by atoms with Crippen LogP contribution in [0.4, 0.5) is 4.39 Å². The van der Waals surface area contributed by atoms with E-state index in [0.29, 0.717) is 36.8 Å². The number of carbonyl (C=O) groups excluding carboxylic acids is 7. The summed E-state index contributed by atoms with van der Waals surface area (Å²) in [5, 5.41) is 28.5. The molecule has 0 aliphatic carbocycles. The molecule has 0 saturated carbocycles. The molecule has 0 saturated heterocycles. The summed E-state index contributed by atoms with van der Waals surface area (Å²) in [6.07, 6.45) is 4.39. The number of ether oxygens (including phenoxy) is 3. The van der Waals surface area contributed by atoms with Crippen molar-refractivity contribution in [3.05, 3.63) is 373 Å². The first-order valence-corrected chi connectivity index (χ1v) is 45.7. The van der Waals surface area contributed by atoms with Crippen molar-refractivity contribution >= 4 is 53.1 Å². The quantitative estimate of drug-likeness (QED) is 0.0616. The molecular formula is C106H112ClFN12O15. The second-order valence-corrected chi connectivity index (χ2v) is 36.5. The van der Waals surface area contributed by atoms with Crippen LogP contribution in [0.5, 0.6) is 23.0 Å². The minimum Gasteiger partial charge on any atom is -0.502 e. The number of aryl methyl sites for hydroxylation is 3. The van der Waals surface area contributed by atoms with E-state index in [9.17, 15) is 62.2 Å². The smallest absolute Gasteiger partial charge is 0.313 e. The van der Waals surface area contributed by atoms with E-state index in [1.165, 1.54) is 21.5 Å². The van der Waals surface area contributed by atoms with Crippen LogP contribution in [0.25, 0.3) is 0 Å². The summed E-state index contributed by atoms with van der Waals surface area (Å²) in [5.41, 5.74) is 8.54. The zero-order valence-corrected chi connectivity index (χ0v) is 79.2. The molecule has 7 unspecified atom stereocenters. The number of halogens is 2. The van der Waals surface area contributed by atoms with Crippen LogP contribution < -0.4 is 35.9 Å². The fourth-order valence-electron chi connectivity index (χ4n) is 17.7. The van der Waals surface area contributed by atoms with Gasteiger partial charge in [-0.05, 0) is 138 Å². The monoisotopic (exact) mass is 1850 g/mol. The molecule has 700 valence electrons. The highest BCUT2D eigenvalue weighted by Gasteiger charge is 2.47. The number of amides is 4. The van der Waals surface area contributed by atoms with Crippen LogP contribution >= 0.6 is 11.6 Å². The molecule has 16 rings (SSSR count). The number of likely N-dealkylation sites (N-methyl/N-ethyl adjacent to an activating group) is 1. The van der Waals surface area contributed by atoms with Crippen LogP contribution in [-0.4, -0.2) is 156 Å². The molecule has 12 aromatic rings. The zero-order chi connectivity index (χ0) is 97.2. The predicted molar refractivity (Wildman–Crippen MR) is 511 cm³/mol. The number of rotatable bonds is 22. The lowest BCUT2D eigenvalue weighted by atomic mass is 9.83. The van der Waals surface area contributed by atoms with Crippen molar-refractivity contribution in [1.82, 2.24) is 58.7 Å². The van der Waals surface area contributed by atoms with Crippen molar-refractivity contribution in [2.24, 2.45) is 17.8 Å². The van der Waals surface area contributed by atoms with Gasteiger partial charge in [0.05, 0.1) is 66.7 Å². The van der Waals surface area contributed by atoms with Gasteiger partial charge in [0.25, 0.3) is 23.6 Å². The fourth-order valence-corrected chi connectivity index (χ4v) is 17.9. The second kappa shape index (κ2) is 42.6. The number of hydrogen-bond acceptors (Lipinski definition) is 19. The SMILES string of the molecule is CC(C)C(=O)Oc1c2n(ncc1=O)C(C(c1ccccc1)c1ccccc1)CN(C(C)C)C2=O.CCN1CC(C(c2ccccc2)c2cccc(C)c2)n2ncc(=O)c(OC(=O)C(C)C)c2C1=O.Cc1cccc(C(c2cccc(Cl)c2)C2CN(C(C)C)C(=O)c3c(O)c(=O)cnn32)c1.Cc1cccc(C(c2cccc(F)c2)C2CN(C(C)C)C(=O)c3c(OC(=O)C(C)C)c(=O)cnn32)c1. The van der Waals surface area contributed by atoms with Crippen LogP contribution in [0.1, 0.15) is 241 Å². The van der Waals surface area contributed by atoms with Gasteiger partial charge in [0.15, 0.2) is 28.5 Å². The van der Waals surface area contributed by atoms with Gasteiger partial charge in [-0.15, -0.1) is 0 Å². The van der Waals surface area contributed by atoms with E-state index in [0.717, 1.165) is 80.4 Å². The third kappa shape index (κ3) is 21.5. The highest BCUT2D eigenvalue weighted by molar-refractivity contribution is 6.30. The Hall–Kier alpha value is -14.4. The Labute approximate surface area is 787 Å². The van der Waals surface area contributed by atoms with Gasteiger partial charge in [0.1, 0.15) is 5.82 Å². The number of benzene rings is 8. The number of hydrogen-bond donors (Lipinski definition) is 1. The van der Waals surface area contributed by atoms with Crippen LogP contribution in [0.3, 0.4) is 0 Å². The number of nitrogens with zero attached hydrogens (tertiary/aromatic N) is 12. The molecule has 0 fully saturated rings. The van der Waals surface area contributed by atoms with Gasteiger partial charge in [-0.3, -0.25) is 71.5 Å². The zero-order valence-electron chi connectivity index (χ0n) is 78.4. The van der Waals surface area contributed by atoms with Crippen molar-refractivity contribution in [3.8, 4) is 23.0 Å². The first kappa shape index (κ1) is 98.1. The topological polar surface area (TPSA) is 320 Å². The summed E-state index contributed by atoms with van der Waals surface area (Å²) >= 11 is 6.33. The highest BCUT2D eigenvalue weighted by Crippen LogP contribution is 2.46. The largest absolute Gasteiger partial charge is 0.502 e. The molecule has 0 radical (unpaired) electrons. The minimum atomic E-state index is -0.668. The molecule has 1 N–H and O–H groups in total. The van der Waals surface area contributed by atoms with E-state index >= 15 is 0 Å². The van der Waals surface area contributed by atoms with E-state index in [-0.39, 0.29) is 118 Å². The van der Waals surface area contributed by atoms with Gasteiger partial charge >= 0.3 is 17.9 Å². The molecule has 0 spiro atoms. The maximum absolute atomic E-state index is 14.4. The molecule has 8 aromatic carbocycles. The number of esters is 3. The van der Waals surface area contributed by atoms with Gasteiger partial charge in [0, 0.05) is 79.5 Å². The number of carbonyl (C=O) groups is 7. The lowest BCUT2D eigenvalue weighted by Gasteiger charge is -2.41. The van der Waals surface area contributed by atoms with Crippen molar-refractivity contribution in [2.75, 3.05) is 32.7 Å². The third-order valence-electron chi connectivity index (χ3n) is 24.5. The molecular weight excluding hydrogens is 1740 g/mol. The molecule has 4 amide bonds. The van der Waals surface area contributed by atoms with Crippen LogP contribution in [0.15, 0.2) is 256 Å². The van der Waals surface area contributed by atoms with Crippen molar-refractivity contribution in [1.29, 1.82) is 0 Å². The molecule has 4 aliphatic rings. The average Bonchev–Trinajstić information content (AvgIpc) is 1.11. The normalized spacial score (nSPS) is 16.3. The Bertz CT molecular complexity index is 6530. The number of aromatic hydroxyl groups is 1. The van der Waals surface area contributed by atoms with Gasteiger partial charge in [0.2, 0.25) is 39.0 Å². The average molecular weight is 1850 g/mol. The predicted octanol–water partition coefficient (Wildman–Crippen LogP) is 16.6. The summed E-state index contributed by atoms with van der Waals surface area (Å²) in [7, 11) is 0. The van der Waals surface area contributed by atoms with Gasteiger partial charge < -0.3 is 38.9 Å². The lowest BCUT2D eigenvalue weighted by molar-refractivity contribution is -0.138. The third-order valence-corrected chi connectivity index (χ3v) is 24.7. The van der Waals surface area contributed by atoms with E-state index in [1.54, 1.807) is 76.6 Å². The van der Waals surface area contributed by atoms with Crippen molar-refractivity contribution in [3.63, 3.8) is 0 Å².